The lowest BCUT2D eigenvalue weighted by Gasteiger charge is -2.09. The van der Waals surface area contributed by atoms with E-state index in [1.54, 1.807) is 78.3 Å². The maximum Gasteiger partial charge on any atom is 0.328 e. The molecule has 0 aliphatic heterocycles. The summed E-state index contributed by atoms with van der Waals surface area (Å²) in [5.41, 5.74) is 0.614. The Bertz CT molecular complexity index is 1850. The third-order valence-electron chi connectivity index (χ3n) is 6.32. The standard InChI is InChI=1S/C11H10ClNO2.C11H11NO3.C11H12O4/c1-14-9-5-7-3-4-13-11(12)8(7)6-10(9)15-2;1-14-9-5-7-3-4-12-11(13)8(7)6-10(9)15-2;1-14-9-5-3-8(4-6-11(12)13)7-10(9)15-2/h3-6H,1-2H3;3-6H,1-2H3,(H,12,13);3-7H,1-2H3,(H,12,13)/b;;6-4+. The number of carboxylic acids is 1. The fourth-order valence-electron chi connectivity index (χ4n) is 4.10. The number of H-pyrrole nitrogens is 1. The number of fused-ring (bicyclic) bond motifs is 2. The van der Waals surface area contributed by atoms with E-state index in [-0.39, 0.29) is 5.56 Å². The van der Waals surface area contributed by atoms with Gasteiger partial charge in [0.25, 0.3) is 5.56 Å². The van der Waals surface area contributed by atoms with E-state index in [4.69, 9.17) is 45.1 Å². The lowest BCUT2D eigenvalue weighted by Crippen LogP contribution is -2.04. The van der Waals surface area contributed by atoms with Crippen molar-refractivity contribution in [3.05, 3.63) is 94.1 Å². The minimum atomic E-state index is -0.982. The average Bonchev–Trinajstić information content (AvgIpc) is 3.06. The molecule has 0 fully saturated rings. The van der Waals surface area contributed by atoms with Crippen molar-refractivity contribution in [2.24, 2.45) is 0 Å². The van der Waals surface area contributed by atoms with Crippen LogP contribution < -0.4 is 34.0 Å². The molecule has 3 aromatic carbocycles. The number of aliphatic carboxylic acids is 1. The molecule has 2 aromatic heterocycles. The Morgan fingerprint density at radius 1 is 0.711 bits per heavy atom. The molecule has 0 radical (unpaired) electrons. The normalized spacial score (nSPS) is 10.3. The lowest BCUT2D eigenvalue weighted by atomic mass is 10.1. The van der Waals surface area contributed by atoms with Crippen LogP contribution in [0.15, 0.2) is 77.9 Å². The van der Waals surface area contributed by atoms with E-state index >= 15 is 0 Å². The third kappa shape index (κ3) is 8.80. The number of hydrogen-bond acceptors (Lipinski definition) is 9. The van der Waals surface area contributed by atoms with Crippen molar-refractivity contribution < 1.29 is 38.3 Å². The van der Waals surface area contributed by atoms with Crippen LogP contribution >= 0.6 is 11.6 Å². The molecule has 0 aliphatic carbocycles. The molecule has 0 aliphatic rings. The highest BCUT2D eigenvalue weighted by atomic mass is 35.5. The van der Waals surface area contributed by atoms with Crippen LogP contribution in [0.1, 0.15) is 5.56 Å². The number of pyridine rings is 2. The molecule has 2 N–H and O–H groups in total. The van der Waals surface area contributed by atoms with Gasteiger partial charge < -0.3 is 38.5 Å². The molecular weight excluding hydrogens is 604 g/mol. The van der Waals surface area contributed by atoms with Crippen LogP contribution in [0.25, 0.3) is 27.6 Å². The molecule has 0 saturated heterocycles. The number of aromatic amines is 1. The molecule has 0 unspecified atom stereocenters. The zero-order chi connectivity index (χ0) is 32.9. The predicted octanol–water partition coefficient (Wildman–Crippen LogP) is 6.25. The Balaban J connectivity index is 0.000000184. The highest BCUT2D eigenvalue weighted by molar-refractivity contribution is 6.34. The Morgan fingerprint density at radius 2 is 1.22 bits per heavy atom. The van der Waals surface area contributed by atoms with Crippen molar-refractivity contribution in [3.8, 4) is 34.5 Å². The van der Waals surface area contributed by atoms with Gasteiger partial charge in [0.05, 0.1) is 48.0 Å². The zero-order valence-electron chi connectivity index (χ0n) is 25.5. The number of nitrogens with zero attached hydrogens (tertiary/aromatic N) is 1. The van der Waals surface area contributed by atoms with Gasteiger partial charge in [0.15, 0.2) is 34.5 Å². The van der Waals surface area contributed by atoms with Gasteiger partial charge in [-0.3, -0.25) is 4.79 Å². The number of aromatic nitrogens is 2. The van der Waals surface area contributed by atoms with Gasteiger partial charge in [0, 0.05) is 23.9 Å². The second kappa shape index (κ2) is 16.4. The monoisotopic (exact) mass is 636 g/mol. The fourth-order valence-corrected chi connectivity index (χ4v) is 4.32. The van der Waals surface area contributed by atoms with Crippen molar-refractivity contribution in [1.82, 2.24) is 9.97 Å². The molecule has 0 amide bonds. The number of benzene rings is 3. The van der Waals surface area contributed by atoms with Crippen molar-refractivity contribution >= 4 is 45.2 Å². The van der Waals surface area contributed by atoms with Crippen LogP contribution in [0.5, 0.6) is 34.5 Å². The van der Waals surface area contributed by atoms with Gasteiger partial charge in [-0.05, 0) is 70.9 Å². The van der Waals surface area contributed by atoms with E-state index in [1.165, 1.54) is 13.2 Å². The maximum atomic E-state index is 11.5. The number of nitrogens with one attached hydrogen (secondary N) is 1. The van der Waals surface area contributed by atoms with Crippen LogP contribution in [0.3, 0.4) is 0 Å². The van der Waals surface area contributed by atoms with Gasteiger partial charge in [-0.25, -0.2) is 9.78 Å². The smallest absolute Gasteiger partial charge is 0.328 e. The van der Waals surface area contributed by atoms with Crippen LogP contribution in [0.4, 0.5) is 0 Å². The highest BCUT2D eigenvalue weighted by Gasteiger charge is 2.09. The number of methoxy groups -OCH3 is 6. The van der Waals surface area contributed by atoms with Gasteiger partial charge in [0.2, 0.25) is 0 Å². The Hall–Kier alpha value is -5.42. The van der Waals surface area contributed by atoms with Crippen molar-refractivity contribution in [2.75, 3.05) is 42.7 Å². The third-order valence-corrected chi connectivity index (χ3v) is 6.62. The molecule has 5 aromatic rings. The van der Waals surface area contributed by atoms with Crippen LogP contribution in [0.2, 0.25) is 5.15 Å². The molecule has 0 spiro atoms. The van der Waals surface area contributed by atoms with Gasteiger partial charge in [-0.1, -0.05) is 17.7 Å². The average molecular weight is 637 g/mol. The second-order valence-corrected chi connectivity index (χ2v) is 9.28. The number of halogens is 1. The summed E-state index contributed by atoms with van der Waals surface area (Å²) in [5.74, 6) is 2.73. The Labute approximate surface area is 264 Å². The first-order valence-electron chi connectivity index (χ1n) is 13.2. The van der Waals surface area contributed by atoms with E-state index in [9.17, 15) is 9.59 Å². The summed E-state index contributed by atoms with van der Waals surface area (Å²) in [5, 5.41) is 12.2. The van der Waals surface area contributed by atoms with E-state index in [0.29, 0.717) is 45.0 Å². The summed E-state index contributed by atoms with van der Waals surface area (Å²) in [6, 6.07) is 16.0. The van der Waals surface area contributed by atoms with Crippen LogP contribution in [0, 0.1) is 0 Å². The quantitative estimate of drug-likeness (QED) is 0.148. The van der Waals surface area contributed by atoms with Gasteiger partial charge in [-0.2, -0.15) is 0 Å². The van der Waals surface area contributed by atoms with Gasteiger partial charge >= 0.3 is 5.97 Å². The molecule has 0 atom stereocenters. The minimum absolute atomic E-state index is 0.131. The summed E-state index contributed by atoms with van der Waals surface area (Å²) < 4.78 is 30.8. The molecule has 0 bridgehead atoms. The zero-order valence-corrected chi connectivity index (χ0v) is 26.3. The van der Waals surface area contributed by atoms with Crippen molar-refractivity contribution in [1.29, 1.82) is 0 Å². The summed E-state index contributed by atoms with van der Waals surface area (Å²) >= 11 is 5.97. The number of rotatable bonds is 8. The Kier molecular flexibility index (Phi) is 12.4. The summed E-state index contributed by atoms with van der Waals surface area (Å²) in [4.78, 5) is 28.4. The summed E-state index contributed by atoms with van der Waals surface area (Å²) in [7, 11) is 9.38. The molecular formula is C33H33ClN2O9. The molecule has 12 heteroatoms. The SMILES string of the molecule is COc1cc2cc[nH]c(=O)c2cc1OC.COc1cc2ccnc(Cl)c2cc1OC.COc1ccc(/C=C/C(=O)O)cc1OC. The molecule has 11 nitrogen and oxygen atoms in total. The Morgan fingerprint density at radius 3 is 1.78 bits per heavy atom. The lowest BCUT2D eigenvalue weighted by molar-refractivity contribution is -0.131. The number of ether oxygens (including phenoxy) is 6. The molecule has 45 heavy (non-hydrogen) atoms. The second-order valence-electron chi connectivity index (χ2n) is 8.92. The first-order valence-corrected chi connectivity index (χ1v) is 13.6. The number of carboxylic acid groups (broad SMARTS) is 1. The van der Waals surface area contributed by atoms with E-state index in [0.717, 1.165) is 27.8 Å². The van der Waals surface area contributed by atoms with Crippen molar-refractivity contribution in [2.45, 2.75) is 0 Å². The molecule has 5 rings (SSSR count). The molecule has 2 heterocycles. The van der Waals surface area contributed by atoms with Gasteiger partial charge in [0.1, 0.15) is 5.15 Å². The highest BCUT2D eigenvalue weighted by Crippen LogP contribution is 2.34. The largest absolute Gasteiger partial charge is 0.493 e. The topological polar surface area (TPSA) is 138 Å². The minimum Gasteiger partial charge on any atom is -0.493 e. The molecule has 0 saturated carbocycles. The number of carbonyl (C=O) groups is 1. The predicted molar refractivity (Wildman–Crippen MR) is 174 cm³/mol. The fraction of sp³-hybridized carbons (Fsp3) is 0.182. The molecule has 236 valence electrons. The van der Waals surface area contributed by atoms with E-state index < -0.39 is 5.97 Å². The van der Waals surface area contributed by atoms with E-state index in [1.807, 2.05) is 24.3 Å². The first kappa shape index (κ1) is 34.1. The maximum absolute atomic E-state index is 11.5. The summed E-state index contributed by atoms with van der Waals surface area (Å²) in [6.45, 7) is 0. The van der Waals surface area contributed by atoms with Gasteiger partial charge in [-0.15, -0.1) is 0 Å². The van der Waals surface area contributed by atoms with Crippen LogP contribution in [-0.4, -0.2) is 63.7 Å². The van der Waals surface area contributed by atoms with Crippen LogP contribution in [-0.2, 0) is 4.79 Å². The van der Waals surface area contributed by atoms with Crippen molar-refractivity contribution in [3.63, 3.8) is 0 Å². The number of hydrogen-bond donors (Lipinski definition) is 2. The van der Waals surface area contributed by atoms with E-state index in [2.05, 4.69) is 9.97 Å². The summed E-state index contributed by atoms with van der Waals surface area (Å²) in [6.07, 6.45) is 5.83. The first-order chi connectivity index (χ1) is 21.7.